The lowest BCUT2D eigenvalue weighted by Crippen LogP contribution is -2.24. The van der Waals surface area contributed by atoms with E-state index >= 15 is 0 Å². The normalized spacial score (nSPS) is 17.3. The van der Waals surface area contributed by atoms with Gasteiger partial charge in [0.25, 0.3) is 0 Å². The molecule has 2 aromatic rings. The molecule has 0 radical (unpaired) electrons. The predicted octanol–water partition coefficient (Wildman–Crippen LogP) is 4.51. The maximum atomic E-state index is 11.9. The van der Waals surface area contributed by atoms with Crippen molar-refractivity contribution in [1.29, 1.82) is 0 Å². The monoisotopic (exact) mass is 392 g/mol. The molecular formula is C17H14BrClN2O2. The number of benzene rings is 2. The molecular weight excluding hydrogens is 380 g/mol. The van der Waals surface area contributed by atoms with Gasteiger partial charge in [-0.2, -0.15) is 5.10 Å². The summed E-state index contributed by atoms with van der Waals surface area (Å²) < 4.78 is 0.974. The summed E-state index contributed by atoms with van der Waals surface area (Å²) in [7, 11) is 0. The molecule has 1 amide bonds. The Bertz CT molecular complexity index is 790. The van der Waals surface area contributed by atoms with Crippen LogP contribution < -0.4 is 0 Å². The topological polar surface area (TPSA) is 52.9 Å². The minimum Gasteiger partial charge on any atom is -0.507 e. The van der Waals surface area contributed by atoms with Gasteiger partial charge < -0.3 is 5.11 Å². The second-order valence-electron chi connectivity index (χ2n) is 5.34. The van der Waals surface area contributed by atoms with Crippen molar-refractivity contribution < 1.29 is 9.90 Å². The van der Waals surface area contributed by atoms with Crippen molar-refractivity contribution in [1.82, 2.24) is 5.01 Å². The summed E-state index contributed by atoms with van der Waals surface area (Å²) in [5, 5.41) is 16.4. The average Bonchev–Trinajstić information content (AvgIpc) is 2.96. The SMILES string of the molecule is CC(=O)N1N=C(c2cc(Cl)ccc2O)C[C@@H]1c1ccc(Br)cc1. The van der Waals surface area contributed by atoms with E-state index in [9.17, 15) is 9.90 Å². The Labute approximate surface area is 147 Å². The van der Waals surface area contributed by atoms with Crippen molar-refractivity contribution in [3.8, 4) is 5.75 Å². The number of phenols is 1. The van der Waals surface area contributed by atoms with Crippen LogP contribution in [0.15, 0.2) is 52.0 Å². The van der Waals surface area contributed by atoms with Gasteiger partial charge in [0.05, 0.1) is 11.8 Å². The first-order valence-electron chi connectivity index (χ1n) is 7.07. The molecule has 3 rings (SSSR count). The number of hydrogen-bond donors (Lipinski definition) is 1. The standard InChI is InChI=1S/C17H14BrClN2O2/c1-10(22)21-16(11-2-4-12(18)5-3-11)9-15(20-21)14-8-13(19)6-7-17(14)23/h2-8,16,23H,9H2,1H3/t16-/m1/s1. The maximum absolute atomic E-state index is 11.9. The van der Waals surface area contributed by atoms with Gasteiger partial charge in [0.2, 0.25) is 5.91 Å². The number of carbonyl (C=O) groups is 1. The zero-order chi connectivity index (χ0) is 16.6. The zero-order valence-electron chi connectivity index (χ0n) is 12.3. The fourth-order valence-corrected chi connectivity index (χ4v) is 3.08. The Morgan fingerprint density at radius 2 is 2.00 bits per heavy atom. The molecule has 0 spiro atoms. The van der Waals surface area contributed by atoms with E-state index in [4.69, 9.17) is 11.6 Å². The van der Waals surface area contributed by atoms with E-state index in [2.05, 4.69) is 21.0 Å². The zero-order valence-corrected chi connectivity index (χ0v) is 14.7. The lowest BCUT2D eigenvalue weighted by molar-refractivity contribution is -0.130. The molecule has 0 unspecified atom stereocenters. The molecule has 4 nitrogen and oxygen atoms in total. The molecule has 0 aromatic heterocycles. The minimum absolute atomic E-state index is 0.105. The number of aromatic hydroxyl groups is 1. The molecule has 2 aromatic carbocycles. The van der Waals surface area contributed by atoms with Crippen LogP contribution in [-0.4, -0.2) is 21.7 Å². The van der Waals surface area contributed by atoms with Gasteiger partial charge in [0.1, 0.15) is 5.75 Å². The fraction of sp³-hybridized carbons (Fsp3) is 0.176. The predicted molar refractivity (Wildman–Crippen MR) is 93.7 cm³/mol. The highest BCUT2D eigenvalue weighted by Gasteiger charge is 2.32. The average molecular weight is 394 g/mol. The first kappa shape index (κ1) is 16.0. The Morgan fingerprint density at radius 3 is 2.65 bits per heavy atom. The molecule has 1 N–H and O–H groups in total. The summed E-state index contributed by atoms with van der Waals surface area (Å²) in [4.78, 5) is 11.9. The van der Waals surface area contributed by atoms with Crippen LogP contribution in [0, 0.1) is 0 Å². The van der Waals surface area contributed by atoms with Crippen LogP contribution in [0.4, 0.5) is 0 Å². The number of hydrogen-bond acceptors (Lipinski definition) is 3. The highest BCUT2D eigenvalue weighted by atomic mass is 79.9. The van der Waals surface area contributed by atoms with E-state index in [-0.39, 0.29) is 17.7 Å². The van der Waals surface area contributed by atoms with Crippen molar-refractivity contribution in [2.45, 2.75) is 19.4 Å². The first-order valence-corrected chi connectivity index (χ1v) is 8.24. The molecule has 0 aliphatic carbocycles. The number of amides is 1. The summed E-state index contributed by atoms with van der Waals surface area (Å²) in [6.07, 6.45) is 0.523. The summed E-state index contributed by atoms with van der Waals surface area (Å²) >= 11 is 9.42. The largest absolute Gasteiger partial charge is 0.507 e. The van der Waals surface area contributed by atoms with Gasteiger partial charge in [-0.3, -0.25) is 4.79 Å². The smallest absolute Gasteiger partial charge is 0.240 e. The van der Waals surface area contributed by atoms with Gasteiger partial charge in [-0.1, -0.05) is 39.7 Å². The highest BCUT2D eigenvalue weighted by Crippen LogP contribution is 2.35. The molecule has 118 valence electrons. The molecule has 0 bridgehead atoms. The van der Waals surface area contributed by atoms with Crippen LogP contribution in [0.5, 0.6) is 5.75 Å². The summed E-state index contributed by atoms with van der Waals surface area (Å²) in [5.41, 5.74) is 2.19. The quantitative estimate of drug-likeness (QED) is 0.816. The van der Waals surface area contributed by atoms with Crippen molar-refractivity contribution in [2.75, 3.05) is 0 Å². The van der Waals surface area contributed by atoms with Gasteiger partial charge in [-0.05, 0) is 35.9 Å². The Balaban J connectivity index is 1.98. The highest BCUT2D eigenvalue weighted by molar-refractivity contribution is 9.10. The third-order valence-electron chi connectivity index (χ3n) is 3.76. The second-order valence-corrected chi connectivity index (χ2v) is 6.70. The van der Waals surface area contributed by atoms with E-state index in [0.29, 0.717) is 22.7 Å². The van der Waals surface area contributed by atoms with E-state index < -0.39 is 0 Å². The van der Waals surface area contributed by atoms with Crippen LogP contribution in [0.25, 0.3) is 0 Å². The number of nitrogens with zero attached hydrogens (tertiary/aromatic N) is 2. The van der Waals surface area contributed by atoms with Crippen LogP contribution in [0.1, 0.15) is 30.5 Å². The molecule has 0 saturated carbocycles. The molecule has 1 aliphatic heterocycles. The van der Waals surface area contributed by atoms with Gasteiger partial charge >= 0.3 is 0 Å². The van der Waals surface area contributed by atoms with Crippen LogP contribution >= 0.6 is 27.5 Å². The van der Waals surface area contributed by atoms with Gasteiger partial charge in [0, 0.05) is 28.4 Å². The first-order chi connectivity index (χ1) is 11.0. The van der Waals surface area contributed by atoms with Crippen molar-refractivity contribution >= 4 is 39.1 Å². The van der Waals surface area contributed by atoms with Crippen molar-refractivity contribution in [3.63, 3.8) is 0 Å². The minimum atomic E-state index is -0.186. The summed E-state index contributed by atoms with van der Waals surface area (Å²) in [6, 6.07) is 12.4. The molecule has 1 atom stereocenters. The molecule has 6 heteroatoms. The van der Waals surface area contributed by atoms with Crippen molar-refractivity contribution in [3.05, 3.63) is 63.1 Å². The number of carbonyl (C=O) groups excluding carboxylic acids is 1. The van der Waals surface area contributed by atoms with Gasteiger partial charge in [-0.25, -0.2) is 5.01 Å². The van der Waals surface area contributed by atoms with Crippen LogP contribution in [0.2, 0.25) is 5.02 Å². The number of hydrazone groups is 1. The second kappa shape index (κ2) is 6.34. The lowest BCUT2D eigenvalue weighted by atomic mass is 9.98. The van der Waals surface area contributed by atoms with Crippen LogP contribution in [-0.2, 0) is 4.79 Å². The van der Waals surface area contributed by atoms with E-state index in [1.807, 2.05) is 24.3 Å². The molecule has 1 aliphatic rings. The number of halogens is 2. The Kier molecular flexibility index (Phi) is 4.41. The maximum Gasteiger partial charge on any atom is 0.240 e. The molecule has 23 heavy (non-hydrogen) atoms. The fourth-order valence-electron chi connectivity index (χ4n) is 2.65. The van der Waals surface area contributed by atoms with E-state index in [0.717, 1.165) is 10.0 Å². The van der Waals surface area contributed by atoms with Crippen molar-refractivity contribution in [2.24, 2.45) is 5.10 Å². The number of rotatable bonds is 2. The molecule has 0 saturated heterocycles. The Hall–Kier alpha value is -1.85. The van der Waals surface area contributed by atoms with E-state index in [1.165, 1.54) is 18.0 Å². The Morgan fingerprint density at radius 1 is 1.30 bits per heavy atom. The third-order valence-corrected chi connectivity index (χ3v) is 4.52. The number of phenolic OH excluding ortho intramolecular Hbond substituents is 1. The lowest BCUT2D eigenvalue weighted by Gasteiger charge is -2.20. The summed E-state index contributed by atoms with van der Waals surface area (Å²) in [5.74, 6) is -0.0393. The molecule has 1 heterocycles. The van der Waals surface area contributed by atoms with Crippen LogP contribution in [0.3, 0.4) is 0 Å². The summed E-state index contributed by atoms with van der Waals surface area (Å²) in [6.45, 7) is 1.48. The molecule has 0 fully saturated rings. The van der Waals surface area contributed by atoms with E-state index in [1.54, 1.807) is 12.1 Å². The van der Waals surface area contributed by atoms with Gasteiger partial charge in [-0.15, -0.1) is 0 Å². The van der Waals surface area contributed by atoms with Gasteiger partial charge in [0.15, 0.2) is 0 Å². The third kappa shape index (κ3) is 3.26.